The lowest BCUT2D eigenvalue weighted by molar-refractivity contribution is 0.0687. The average Bonchev–Trinajstić information content (AvgIpc) is 2.49. The molecular formula is C7H6ClN3O2. The molecule has 0 saturated carbocycles. The molecule has 0 aromatic carbocycles. The number of hydrogen-bond donors (Lipinski definition) is 1. The summed E-state index contributed by atoms with van der Waals surface area (Å²) in [5, 5.41) is 12.5. The van der Waals surface area contributed by atoms with Crippen molar-refractivity contribution < 1.29 is 9.90 Å². The van der Waals surface area contributed by atoms with Gasteiger partial charge in [-0.25, -0.2) is 14.3 Å². The number of carboxylic acids is 1. The molecule has 6 heteroatoms. The van der Waals surface area contributed by atoms with Gasteiger partial charge < -0.3 is 5.11 Å². The highest BCUT2D eigenvalue weighted by Gasteiger charge is 2.07. The second-order valence-corrected chi connectivity index (χ2v) is 2.25. The fourth-order valence-corrected chi connectivity index (χ4v) is 1.01. The van der Waals surface area contributed by atoms with Crippen molar-refractivity contribution in [3.8, 4) is 0 Å². The van der Waals surface area contributed by atoms with E-state index in [1.165, 1.54) is 16.9 Å². The van der Waals surface area contributed by atoms with Crippen LogP contribution >= 0.6 is 12.4 Å². The van der Waals surface area contributed by atoms with E-state index >= 15 is 0 Å². The number of carbonyl (C=O) groups is 1. The summed E-state index contributed by atoms with van der Waals surface area (Å²) in [7, 11) is 0. The lowest BCUT2D eigenvalue weighted by Gasteiger charge is -1.95. The molecule has 0 aliphatic rings. The molecule has 2 heterocycles. The van der Waals surface area contributed by atoms with E-state index in [1.807, 2.05) is 0 Å². The van der Waals surface area contributed by atoms with Crippen molar-refractivity contribution in [1.29, 1.82) is 0 Å². The van der Waals surface area contributed by atoms with Crippen LogP contribution in [0.25, 0.3) is 5.65 Å². The number of aromatic nitrogens is 3. The quantitative estimate of drug-likeness (QED) is 0.740. The summed E-state index contributed by atoms with van der Waals surface area (Å²) in [6.07, 6.45) is 1.32. The van der Waals surface area contributed by atoms with Crippen molar-refractivity contribution >= 4 is 24.0 Å². The normalized spacial score (nSPS) is 9.54. The predicted octanol–water partition coefficient (Wildman–Crippen LogP) is 0.849. The van der Waals surface area contributed by atoms with Gasteiger partial charge in [0.15, 0.2) is 11.3 Å². The van der Waals surface area contributed by atoms with E-state index in [0.717, 1.165) is 0 Å². The van der Waals surface area contributed by atoms with Crippen molar-refractivity contribution in [3.63, 3.8) is 0 Å². The molecule has 0 spiro atoms. The maximum absolute atomic E-state index is 10.6. The third kappa shape index (κ3) is 1.46. The molecule has 0 amide bonds. The fourth-order valence-electron chi connectivity index (χ4n) is 1.01. The third-order valence-corrected chi connectivity index (χ3v) is 1.52. The fraction of sp³-hybridized carbons (Fsp3) is 0. The van der Waals surface area contributed by atoms with Crippen LogP contribution in [0.5, 0.6) is 0 Å². The Morgan fingerprint density at radius 2 is 2.23 bits per heavy atom. The first kappa shape index (κ1) is 9.47. The lowest BCUT2D eigenvalue weighted by atomic mass is 10.3. The van der Waals surface area contributed by atoms with Gasteiger partial charge in [0, 0.05) is 0 Å². The summed E-state index contributed by atoms with van der Waals surface area (Å²) in [6, 6.07) is 4.80. The van der Waals surface area contributed by atoms with Crippen LogP contribution in [0, 0.1) is 0 Å². The number of nitrogens with zero attached hydrogens (tertiary/aromatic N) is 3. The maximum atomic E-state index is 10.6. The largest absolute Gasteiger partial charge is 0.477 e. The molecule has 0 radical (unpaired) electrons. The first-order valence-electron chi connectivity index (χ1n) is 3.31. The molecule has 2 aromatic rings. The molecule has 0 saturated heterocycles. The zero-order valence-electron chi connectivity index (χ0n) is 6.41. The third-order valence-electron chi connectivity index (χ3n) is 1.52. The van der Waals surface area contributed by atoms with E-state index in [2.05, 4.69) is 10.1 Å². The van der Waals surface area contributed by atoms with Crippen molar-refractivity contribution in [1.82, 2.24) is 14.6 Å². The maximum Gasteiger partial charge on any atom is 0.354 e. The van der Waals surface area contributed by atoms with Gasteiger partial charge in [-0.05, 0) is 12.1 Å². The molecule has 0 fully saturated rings. The summed E-state index contributed by atoms with van der Waals surface area (Å²) in [5.41, 5.74) is 0.653. The Balaban J connectivity index is 0.000000845. The smallest absolute Gasteiger partial charge is 0.354 e. The Kier molecular flexibility index (Phi) is 2.48. The van der Waals surface area contributed by atoms with Crippen LogP contribution in [0.2, 0.25) is 0 Å². The van der Waals surface area contributed by atoms with E-state index in [9.17, 15) is 4.79 Å². The summed E-state index contributed by atoms with van der Waals surface area (Å²) in [6.45, 7) is 0. The van der Waals surface area contributed by atoms with Gasteiger partial charge in [0.05, 0.1) is 0 Å². The van der Waals surface area contributed by atoms with Gasteiger partial charge >= 0.3 is 5.97 Å². The van der Waals surface area contributed by atoms with Crippen LogP contribution in [0.4, 0.5) is 0 Å². The summed E-state index contributed by atoms with van der Waals surface area (Å²) in [4.78, 5) is 14.5. The minimum Gasteiger partial charge on any atom is -0.477 e. The Morgan fingerprint density at radius 1 is 1.46 bits per heavy atom. The number of pyridine rings is 1. The second kappa shape index (κ2) is 3.40. The Bertz CT molecular complexity index is 440. The molecular weight excluding hydrogens is 194 g/mol. The van der Waals surface area contributed by atoms with Gasteiger partial charge in [0.25, 0.3) is 0 Å². The average molecular weight is 200 g/mol. The number of halogens is 1. The van der Waals surface area contributed by atoms with E-state index in [-0.39, 0.29) is 18.1 Å². The molecule has 0 atom stereocenters. The van der Waals surface area contributed by atoms with Crippen molar-refractivity contribution in [2.45, 2.75) is 0 Å². The number of aromatic carboxylic acids is 1. The van der Waals surface area contributed by atoms with Crippen molar-refractivity contribution in [3.05, 3.63) is 30.2 Å². The van der Waals surface area contributed by atoms with Gasteiger partial charge in [-0.15, -0.1) is 12.4 Å². The van der Waals surface area contributed by atoms with Crippen LogP contribution in [0.1, 0.15) is 10.5 Å². The van der Waals surface area contributed by atoms with Gasteiger partial charge in [-0.1, -0.05) is 6.07 Å². The minimum absolute atomic E-state index is 0. The van der Waals surface area contributed by atoms with E-state index < -0.39 is 5.97 Å². The molecule has 2 aromatic heterocycles. The first-order valence-corrected chi connectivity index (χ1v) is 3.31. The molecule has 68 valence electrons. The summed E-state index contributed by atoms with van der Waals surface area (Å²) < 4.78 is 1.28. The van der Waals surface area contributed by atoms with Gasteiger partial charge in [0.2, 0.25) is 0 Å². The van der Waals surface area contributed by atoms with E-state index in [4.69, 9.17) is 5.11 Å². The highest BCUT2D eigenvalue weighted by Crippen LogP contribution is 2.02. The predicted molar refractivity (Wildman–Crippen MR) is 47.2 cm³/mol. The molecule has 13 heavy (non-hydrogen) atoms. The van der Waals surface area contributed by atoms with Gasteiger partial charge in [0.1, 0.15) is 6.33 Å². The highest BCUT2D eigenvalue weighted by atomic mass is 35.5. The number of hydrogen-bond acceptors (Lipinski definition) is 3. The van der Waals surface area contributed by atoms with Crippen molar-refractivity contribution in [2.75, 3.05) is 0 Å². The molecule has 0 aliphatic heterocycles. The van der Waals surface area contributed by atoms with E-state index in [1.54, 1.807) is 12.1 Å². The monoisotopic (exact) mass is 199 g/mol. The molecule has 5 nitrogen and oxygen atoms in total. The van der Waals surface area contributed by atoms with Gasteiger partial charge in [-0.3, -0.25) is 0 Å². The van der Waals surface area contributed by atoms with Crippen LogP contribution in [0.15, 0.2) is 24.5 Å². The Morgan fingerprint density at radius 3 is 2.92 bits per heavy atom. The first-order chi connectivity index (χ1) is 5.79. The number of rotatable bonds is 1. The number of fused-ring (bicyclic) bond motifs is 1. The van der Waals surface area contributed by atoms with Gasteiger partial charge in [-0.2, -0.15) is 5.10 Å². The van der Waals surface area contributed by atoms with Crippen molar-refractivity contribution in [2.24, 2.45) is 0 Å². The second-order valence-electron chi connectivity index (χ2n) is 2.25. The van der Waals surface area contributed by atoms with Crippen LogP contribution < -0.4 is 0 Å². The van der Waals surface area contributed by atoms with Crippen LogP contribution in [0.3, 0.4) is 0 Å². The molecule has 0 unspecified atom stereocenters. The highest BCUT2D eigenvalue weighted by molar-refractivity contribution is 5.86. The standard InChI is InChI=1S/C7H5N3O2.ClH/c11-7(12)5-2-1-3-6-8-4-9-10(5)6;/h1-4H,(H,11,12);1H. The zero-order chi connectivity index (χ0) is 8.55. The SMILES string of the molecule is Cl.O=C(O)c1cccc2ncnn12. The molecule has 0 bridgehead atoms. The minimum atomic E-state index is -1.01. The summed E-state index contributed by atoms with van der Waals surface area (Å²) in [5.74, 6) is -1.01. The van der Waals surface area contributed by atoms with E-state index in [0.29, 0.717) is 5.65 Å². The van der Waals surface area contributed by atoms with Crippen LogP contribution in [-0.2, 0) is 0 Å². The molecule has 1 N–H and O–H groups in total. The molecule has 2 rings (SSSR count). The topological polar surface area (TPSA) is 67.5 Å². The zero-order valence-corrected chi connectivity index (χ0v) is 7.23. The summed E-state index contributed by atoms with van der Waals surface area (Å²) >= 11 is 0. The number of carboxylic acid groups (broad SMARTS) is 1. The lowest BCUT2D eigenvalue weighted by Crippen LogP contribution is -2.05. The Labute approximate surface area is 79.4 Å². The molecule has 0 aliphatic carbocycles. The van der Waals surface area contributed by atoms with Crippen LogP contribution in [-0.4, -0.2) is 25.7 Å². The Hall–Kier alpha value is -1.62.